The van der Waals surface area contributed by atoms with Crippen LogP contribution in [0.15, 0.2) is 102 Å². The standard InChI is InChI=1S/C26H20N2O4/c29-25(18-31-24-15-7-12-20-9-4-5-14-23(20)24)28-27-17-19-8-6-13-22(16-19)32-26(30)21-10-2-1-3-11-21/h1-17H,18H2,(H,28,29). The Hall–Kier alpha value is -4.45. The maximum atomic E-state index is 12.2. The van der Waals surface area contributed by atoms with E-state index in [2.05, 4.69) is 10.5 Å². The van der Waals surface area contributed by atoms with Crippen LogP contribution < -0.4 is 14.9 Å². The Labute approximate surface area is 185 Å². The summed E-state index contributed by atoms with van der Waals surface area (Å²) in [6.07, 6.45) is 1.47. The molecule has 0 aliphatic rings. The van der Waals surface area contributed by atoms with Crippen molar-refractivity contribution in [1.82, 2.24) is 5.43 Å². The van der Waals surface area contributed by atoms with E-state index in [1.54, 1.807) is 48.5 Å². The molecule has 6 heteroatoms. The Balaban J connectivity index is 1.31. The minimum absolute atomic E-state index is 0.167. The van der Waals surface area contributed by atoms with Crippen molar-refractivity contribution >= 4 is 28.9 Å². The molecule has 0 unspecified atom stereocenters. The fourth-order valence-corrected chi connectivity index (χ4v) is 3.07. The van der Waals surface area contributed by atoms with Crippen LogP contribution in [-0.2, 0) is 4.79 Å². The van der Waals surface area contributed by atoms with Crippen LogP contribution in [0.2, 0.25) is 0 Å². The van der Waals surface area contributed by atoms with Gasteiger partial charge in [-0.25, -0.2) is 10.2 Å². The fourth-order valence-electron chi connectivity index (χ4n) is 3.07. The molecule has 0 saturated carbocycles. The molecule has 6 nitrogen and oxygen atoms in total. The molecule has 158 valence electrons. The number of hydrogen-bond acceptors (Lipinski definition) is 5. The number of fused-ring (bicyclic) bond motifs is 1. The summed E-state index contributed by atoms with van der Waals surface area (Å²) in [7, 11) is 0. The van der Waals surface area contributed by atoms with Gasteiger partial charge >= 0.3 is 5.97 Å². The highest BCUT2D eigenvalue weighted by Gasteiger charge is 2.08. The first-order valence-corrected chi connectivity index (χ1v) is 9.99. The van der Waals surface area contributed by atoms with Crippen LogP contribution in [0.5, 0.6) is 11.5 Å². The van der Waals surface area contributed by atoms with Gasteiger partial charge in [0.25, 0.3) is 5.91 Å². The molecule has 0 bridgehead atoms. The Morgan fingerprint density at radius 1 is 0.844 bits per heavy atom. The summed E-state index contributed by atoms with van der Waals surface area (Å²) < 4.78 is 11.0. The lowest BCUT2D eigenvalue weighted by molar-refractivity contribution is -0.123. The average molecular weight is 424 g/mol. The van der Waals surface area contributed by atoms with Crippen molar-refractivity contribution in [1.29, 1.82) is 0 Å². The number of carbonyl (C=O) groups is 2. The largest absolute Gasteiger partial charge is 0.483 e. The summed E-state index contributed by atoms with van der Waals surface area (Å²) in [6.45, 7) is -0.167. The monoisotopic (exact) mass is 424 g/mol. The van der Waals surface area contributed by atoms with Crippen molar-refractivity contribution in [2.45, 2.75) is 0 Å². The van der Waals surface area contributed by atoms with Crippen LogP contribution in [0.4, 0.5) is 0 Å². The summed E-state index contributed by atoms with van der Waals surface area (Å²) in [5, 5.41) is 5.93. The van der Waals surface area contributed by atoms with Gasteiger partial charge in [0, 0.05) is 5.39 Å². The molecule has 4 aromatic rings. The molecule has 0 spiro atoms. The van der Waals surface area contributed by atoms with Gasteiger partial charge < -0.3 is 9.47 Å². The smallest absolute Gasteiger partial charge is 0.343 e. The van der Waals surface area contributed by atoms with E-state index < -0.39 is 5.97 Å². The number of amides is 1. The van der Waals surface area contributed by atoms with Gasteiger partial charge in [-0.05, 0) is 41.3 Å². The minimum Gasteiger partial charge on any atom is -0.483 e. The highest BCUT2D eigenvalue weighted by molar-refractivity contribution is 5.91. The molecule has 0 heterocycles. The van der Waals surface area contributed by atoms with Gasteiger partial charge in [-0.3, -0.25) is 4.79 Å². The molecule has 0 aliphatic heterocycles. The van der Waals surface area contributed by atoms with Crippen LogP contribution in [0, 0.1) is 0 Å². The summed E-state index contributed by atoms with van der Waals surface area (Å²) in [6, 6.07) is 29.1. The van der Waals surface area contributed by atoms with Gasteiger partial charge in [0.05, 0.1) is 11.8 Å². The third kappa shape index (κ3) is 5.37. The van der Waals surface area contributed by atoms with Crippen molar-refractivity contribution in [3.63, 3.8) is 0 Å². The van der Waals surface area contributed by atoms with Gasteiger partial charge in [-0.2, -0.15) is 5.10 Å². The van der Waals surface area contributed by atoms with Crippen molar-refractivity contribution in [3.05, 3.63) is 108 Å². The van der Waals surface area contributed by atoms with Crippen LogP contribution in [-0.4, -0.2) is 24.7 Å². The second-order valence-electron chi connectivity index (χ2n) is 6.89. The van der Waals surface area contributed by atoms with E-state index >= 15 is 0 Å². The summed E-state index contributed by atoms with van der Waals surface area (Å²) in [4.78, 5) is 24.3. The lowest BCUT2D eigenvalue weighted by Gasteiger charge is -2.08. The van der Waals surface area contributed by atoms with Gasteiger partial charge in [-0.15, -0.1) is 0 Å². The highest BCUT2D eigenvalue weighted by Crippen LogP contribution is 2.24. The molecule has 4 aromatic carbocycles. The molecule has 4 rings (SSSR count). The van der Waals surface area contributed by atoms with Crippen molar-refractivity contribution in [2.24, 2.45) is 5.10 Å². The van der Waals surface area contributed by atoms with E-state index in [-0.39, 0.29) is 12.5 Å². The molecular formula is C26H20N2O4. The molecular weight excluding hydrogens is 404 g/mol. The Morgan fingerprint density at radius 3 is 2.47 bits per heavy atom. The number of ether oxygens (including phenoxy) is 2. The number of carbonyl (C=O) groups excluding carboxylic acids is 2. The average Bonchev–Trinajstić information content (AvgIpc) is 2.83. The van der Waals surface area contributed by atoms with Gasteiger partial charge in [-0.1, -0.05) is 66.7 Å². The number of benzene rings is 4. The first kappa shape index (κ1) is 20.8. The van der Waals surface area contributed by atoms with Crippen LogP contribution in [0.3, 0.4) is 0 Å². The fraction of sp³-hybridized carbons (Fsp3) is 0.0385. The molecule has 0 aliphatic carbocycles. The van der Waals surface area contributed by atoms with E-state index in [1.165, 1.54) is 6.21 Å². The number of rotatable bonds is 7. The zero-order valence-corrected chi connectivity index (χ0v) is 17.1. The summed E-state index contributed by atoms with van der Waals surface area (Å²) in [5.41, 5.74) is 3.56. The molecule has 0 radical (unpaired) electrons. The van der Waals surface area contributed by atoms with Crippen molar-refractivity contribution in [2.75, 3.05) is 6.61 Å². The summed E-state index contributed by atoms with van der Waals surface area (Å²) in [5.74, 6) is 0.183. The number of nitrogens with zero attached hydrogens (tertiary/aromatic N) is 1. The van der Waals surface area contributed by atoms with Gasteiger partial charge in [0.15, 0.2) is 6.61 Å². The lowest BCUT2D eigenvalue weighted by Crippen LogP contribution is -2.24. The molecule has 32 heavy (non-hydrogen) atoms. The van der Waals surface area contributed by atoms with Crippen molar-refractivity contribution in [3.8, 4) is 11.5 Å². The maximum absolute atomic E-state index is 12.2. The number of hydrazone groups is 1. The molecule has 0 saturated heterocycles. The Kier molecular flexibility index (Phi) is 6.53. The Morgan fingerprint density at radius 2 is 1.59 bits per heavy atom. The van der Waals surface area contributed by atoms with E-state index in [0.717, 1.165) is 10.8 Å². The molecule has 0 atom stereocenters. The SMILES string of the molecule is O=C(COc1cccc2ccccc12)NN=Cc1cccc(OC(=O)c2ccccc2)c1. The zero-order chi connectivity index (χ0) is 22.2. The second-order valence-corrected chi connectivity index (χ2v) is 6.89. The Bertz CT molecular complexity index is 1260. The number of hydrogen-bond donors (Lipinski definition) is 1. The maximum Gasteiger partial charge on any atom is 0.343 e. The zero-order valence-electron chi connectivity index (χ0n) is 17.1. The molecule has 1 amide bonds. The molecule has 0 fully saturated rings. The van der Waals surface area contributed by atoms with E-state index in [4.69, 9.17) is 9.47 Å². The highest BCUT2D eigenvalue weighted by atomic mass is 16.5. The van der Waals surface area contributed by atoms with Crippen LogP contribution in [0.1, 0.15) is 15.9 Å². The predicted molar refractivity (Wildman–Crippen MR) is 123 cm³/mol. The first-order valence-electron chi connectivity index (χ1n) is 9.99. The third-order valence-corrected chi connectivity index (χ3v) is 4.59. The molecule has 1 N–H and O–H groups in total. The second kappa shape index (κ2) is 10.0. The van der Waals surface area contributed by atoms with Gasteiger partial charge in [0.2, 0.25) is 0 Å². The van der Waals surface area contributed by atoms with Crippen LogP contribution in [0.25, 0.3) is 10.8 Å². The quantitative estimate of drug-likeness (QED) is 0.204. The first-order chi connectivity index (χ1) is 15.7. The topological polar surface area (TPSA) is 77.0 Å². The van der Waals surface area contributed by atoms with E-state index in [9.17, 15) is 9.59 Å². The normalized spacial score (nSPS) is 10.8. The van der Waals surface area contributed by atoms with E-state index in [1.807, 2.05) is 48.5 Å². The number of esters is 1. The van der Waals surface area contributed by atoms with E-state index in [0.29, 0.717) is 22.6 Å². The van der Waals surface area contributed by atoms with Gasteiger partial charge in [0.1, 0.15) is 11.5 Å². The number of nitrogens with one attached hydrogen (secondary N) is 1. The van der Waals surface area contributed by atoms with Crippen LogP contribution >= 0.6 is 0 Å². The van der Waals surface area contributed by atoms with Crippen molar-refractivity contribution < 1.29 is 19.1 Å². The molecule has 0 aromatic heterocycles. The summed E-state index contributed by atoms with van der Waals surface area (Å²) >= 11 is 0. The lowest BCUT2D eigenvalue weighted by atomic mass is 10.1. The predicted octanol–water partition coefficient (Wildman–Crippen LogP) is 4.59. The third-order valence-electron chi connectivity index (χ3n) is 4.59. The minimum atomic E-state index is -0.446.